The Balaban J connectivity index is 1.26. The van der Waals surface area contributed by atoms with Crippen LogP contribution in [-0.2, 0) is 4.74 Å². The van der Waals surface area contributed by atoms with Crippen molar-refractivity contribution in [3.8, 4) is 0 Å². The summed E-state index contributed by atoms with van der Waals surface area (Å²) in [5.74, 6) is 1.08. The van der Waals surface area contributed by atoms with E-state index in [2.05, 4.69) is 13.0 Å². The third-order valence-corrected chi connectivity index (χ3v) is 8.16. The summed E-state index contributed by atoms with van der Waals surface area (Å²) in [6.07, 6.45) is 15.9. The van der Waals surface area contributed by atoms with Gasteiger partial charge in [-0.3, -0.25) is 0 Å². The summed E-state index contributed by atoms with van der Waals surface area (Å²) in [7, 11) is 0. The predicted octanol–water partition coefficient (Wildman–Crippen LogP) is 7.87. The van der Waals surface area contributed by atoms with Crippen molar-refractivity contribution in [2.24, 2.45) is 17.8 Å². The molecule has 0 bridgehead atoms. The molecule has 1 saturated carbocycles. The van der Waals surface area contributed by atoms with Gasteiger partial charge in [0.15, 0.2) is 11.6 Å². The minimum Gasteiger partial charge on any atom is -0.374 e. The van der Waals surface area contributed by atoms with E-state index < -0.39 is 11.6 Å². The van der Waals surface area contributed by atoms with Crippen LogP contribution in [0.4, 0.5) is 8.78 Å². The van der Waals surface area contributed by atoms with Crippen LogP contribution in [0.25, 0.3) is 0 Å². The van der Waals surface area contributed by atoms with Crippen LogP contribution in [0.2, 0.25) is 0 Å². The number of hydrogen-bond acceptors (Lipinski definition) is 1. The molecular formula is C27H38F2O. The lowest BCUT2D eigenvalue weighted by Gasteiger charge is -2.39. The van der Waals surface area contributed by atoms with Crippen LogP contribution in [0, 0.1) is 36.3 Å². The SMILES string of the molecule is CCCC1CC=C(C2CCC(C3CCC(c4ccc(C)c(F)c4F)CC3)CO2)CC1. The first-order chi connectivity index (χ1) is 14.6. The molecule has 3 aliphatic rings. The number of allylic oxidation sites excluding steroid dienone is 1. The number of benzene rings is 1. The first-order valence-corrected chi connectivity index (χ1v) is 12.3. The maximum Gasteiger partial charge on any atom is 0.162 e. The average molecular weight is 417 g/mol. The van der Waals surface area contributed by atoms with Gasteiger partial charge in [0.1, 0.15) is 0 Å². The van der Waals surface area contributed by atoms with E-state index in [4.69, 9.17) is 4.74 Å². The molecule has 1 heterocycles. The van der Waals surface area contributed by atoms with Crippen LogP contribution in [0.3, 0.4) is 0 Å². The van der Waals surface area contributed by atoms with Gasteiger partial charge >= 0.3 is 0 Å². The van der Waals surface area contributed by atoms with Crippen molar-refractivity contribution in [3.63, 3.8) is 0 Å². The van der Waals surface area contributed by atoms with Crippen molar-refractivity contribution >= 4 is 0 Å². The number of halogens is 2. The highest BCUT2D eigenvalue weighted by Crippen LogP contribution is 2.43. The van der Waals surface area contributed by atoms with Crippen molar-refractivity contribution in [2.75, 3.05) is 6.61 Å². The molecular weight excluding hydrogens is 378 g/mol. The zero-order chi connectivity index (χ0) is 21.1. The lowest BCUT2D eigenvalue weighted by atomic mass is 9.71. The highest BCUT2D eigenvalue weighted by Gasteiger charge is 2.34. The maximum absolute atomic E-state index is 14.4. The Hall–Kier alpha value is -1.22. The number of ether oxygens (including phenoxy) is 1. The highest BCUT2D eigenvalue weighted by atomic mass is 19.2. The van der Waals surface area contributed by atoms with Crippen LogP contribution >= 0.6 is 0 Å². The van der Waals surface area contributed by atoms with Crippen LogP contribution in [0.5, 0.6) is 0 Å². The Morgan fingerprint density at radius 2 is 1.70 bits per heavy atom. The zero-order valence-corrected chi connectivity index (χ0v) is 18.8. The van der Waals surface area contributed by atoms with Gasteiger partial charge in [-0.05, 0) is 105 Å². The fourth-order valence-corrected chi connectivity index (χ4v) is 6.19. The average Bonchev–Trinajstić information content (AvgIpc) is 2.79. The van der Waals surface area contributed by atoms with E-state index >= 15 is 0 Å². The van der Waals surface area contributed by atoms with Gasteiger partial charge in [0.05, 0.1) is 12.7 Å². The fraction of sp³-hybridized carbons (Fsp3) is 0.704. The van der Waals surface area contributed by atoms with Crippen LogP contribution < -0.4 is 0 Å². The molecule has 1 saturated heterocycles. The second kappa shape index (κ2) is 9.94. The topological polar surface area (TPSA) is 9.23 Å². The number of hydrogen-bond donors (Lipinski definition) is 0. The monoisotopic (exact) mass is 416 g/mol. The third-order valence-electron chi connectivity index (χ3n) is 8.16. The molecule has 3 heteroatoms. The summed E-state index contributed by atoms with van der Waals surface area (Å²) < 4.78 is 34.7. The second-order valence-corrected chi connectivity index (χ2v) is 10.1. The van der Waals surface area contributed by atoms with Gasteiger partial charge in [-0.2, -0.15) is 0 Å². The van der Waals surface area contributed by atoms with Gasteiger partial charge < -0.3 is 4.74 Å². The van der Waals surface area contributed by atoms with Gasteiger partial charge in [0.2, 0.25) is 0 Å². The Morgan fingerprint density at radius 1 is 0.933 bits per heavy atom. The van der Waals surface area contributed by atoms with E-state index in [1.807, 2.05) is 0 Å². The standard InChI is InChI=1S/C27H38F2O/c1-3-4-19-6-8-22(9-7-19)25-16-14-23(17-30-25)20-10-12-21(13-11-20)24-15-5-18(2)26(28)27(24)29/h5,8,15,19-21,23,25H,3-4,6-7,9-14,16-17H2,1-2H3. The minimum absolute atomic E-state index is 0.164. The van der Waals surface area contributed by atoms with E-state index in [0.717, 1.165) is 44.6 Å². The molecule has 1 aromatic carbocycles. The van der Waals surface area contributed by atoms with Gasteiger partial charge in [-0.1, -0.05) is 38.0 Å². The summed E-state index contributed by atoms with van der Waals surface area (Å²) in [5.41, 5.74) is 2.54. The number of aryl methyl sites for hydroxylation is 1. The van der Waals surface area contributed by atoms with E-state index in [9.17, 15) is 8.78 Å². The lowest BCUT2D eigenvalue weighted by Crippen LogP contribution is -2.33. The Kier molecular flexibility index (Phi) is 7.28. The highest BCUT2D eigenvalue weighted by molar-refractivity contribution is 5.28. The molecule has 1 aliphatic heterocycles. The normalized spacial score (nSPS) is 32.7. The Labute approximate surface area is 181 Å². The van der Waals surface area contributed by atoms with Crippen LogP contribution in [0.15, 0.2) is 23.8 Å². The summed E-state index contributed by atoms with van der Waals surface area (Å²) >= 11 is 0. The maximum atomic E-state index is 14.4. The van der Waals surface area contributed by atoms with Gasteiger partial charge in [0.25, 0.3) is 0 Å². The van der Waals surface area contributed by atoms with Crippen molar-refractivity contribution in [3.05, 3.63) is 46.5 Å². The molecule has 30 heavy (non-hydrogen) atoms. The Bertz CT molecular complexity index is 739. The molecule has 0 aromatic heterocycles. The van der Waals surface area contributed by atoms with Gasteiger partial charge in [-0.25, -0.2) is 8.78 Å². The van der Waals surface area contributed by atoms with Crippen LogP contribution in [-0.4, -0.2) is 12.7 Å². The molecule has 2 aliphatic carbocycles. The molecule has 3 atom stereocenters. The fourth-order valence-electron chi connectivity index (χ4n) is 6.19. The summed E-state index contributed by atoms with van der Waals surface area (Å²) in [6.45, 7) is 4.79. The smallest absolute Gasteiger partial charge is 0.162 e. The summed E-state index contributed by atoms with van der Waals surface area (Å²) in [5, 5.41) is 0. The summed E-state index contributed by atoms with van der Waals surface area (Å²) in [4.78, 5) is 0. The van der Waals surface area contributed by atoms with Crippen molar-refractivity contribution in [1.29, 1.82) is 0 Å². The van der Waals surface area contributed by atoms with Crippen molar-refractivity contribution < 1.29 is 13.5 Å². The van der Waals surface area contributed by atoms with E-state index in [-0.39, 0.29) is 5.92 Å². The Morgan fingerprint density at radius 3 is 2.33 bits per heavy atom. The van der Waals surface area contributed by atoms with Crippen molar-refractivity contribution in [2.45, 2.75) is 96.5 Å². The lowest BCUT2D eigenvalue weighted by molar-refractivity contribution is -0.0224. The van der Waals surface area contributed by atoms with E-state index in [1.54, 1.807) is 24.6 Å². The summed E-state index contributed by atoms with van der Waals surface area (Å²) in [6, 6.07) is 3.52. The van der Waals surface area contributed by atoms with Crippen molar-refractivity contribution in [1.82, 2.24) is 0 Å². The van der Waals surface area contributed by atoms with E-state index in [1.165, 1.54) is 38.5 Å². The molecule has 1 aromatic rings. The molecule has 0 amide bonds. The molecule has 2 fully saturated rings. The second-order valence-electron chi connectivity index (χ2n) is 10.1. The zero-order valence-electron chi connectivity index (χ0n) is 18.8. The van der Waals surface area contributed by atoms with Crippen LogP contribution in [0.1, 0.15) is 94.6 Å². The van der Waals surface area contributed by atoms with E-state index in [0.29, 0.717) is 29.1 Å². The molecule has 0 spiro atoms. The molecule has 4 rings (SSSR count). The molecule has 3 unspecified atom stereocenters. The first-order valence-electron chi connectivity index (χ1n) is 12.3. The molecule has 166 valence electrons. The largest absolute Gasteiger partial charge is 0.374 e. The first kappa shape index (κ1) is 22.0. The predicted molar refractivity (Wildman–Crippen MR) is 119 cm³/mol. The quantitative estimate of drug-likeness (QED) is 0.444. The van der Waals surface area contributed by atoms with Gasteiger partial charge in [0, 0.05) is 0 Å². The molecule has 0 N–H and O–H groups in total. The van der Waals surface area contributed by atoms with Gasteiger partial charge in [-0.15, -0.1) is 0 Å². The molecule has 0 radical (unpaired) electrons. The minimum atomic E-state index is -0.667. The molecule has 1 nitrogen and oxygen atoms in total. The third kappa shape index (κ3) is 4.82. The number of rotatable bonds is 5.